The highest BCUT2D eigenvalue weighted by Crippen LogP contribution is 2.27. The molecule has 0 saturated heterocycles. The summed E-state index contributed by atoms with van der Waals surface area (Å²) in [4.78, 5) is 13.6. The summed E-state index contributed by atoms with van der Waals surface area (Å²) in [6, 6.07) is 10.5. The molecule has 0 aliphatic heterocycles. The van der Waals surface area contributed by atoms with Gasteiger partial charge in [0, 0.05) is 0 Å². The van der Waals surface area contributed by atoms with Crippen LogP contribution in [0.1, 0.15) is 0 Å². The fourth-order valence-electron chi connectivity index (χ4n) is 1.98. The molecular formula is C14H8F3NO3. The summed E-state index contributed by atoms with van der Waals surface area (Å²) in [5.41, 5.74) is 2.36. The number of ether oxygens (including phenoxy) is 1. The second-order valence-electron chi connectivity index (χ2n) is 4.30. The Morgan fingerprint density at radius 2 is 1.67 bits per heavy atom. The Bertz CT molecular complexity index is 831. The predicted molar refractivity (Wildman–Crippen MR) is 69.0 cm³/mol. The predicted octanol–water partition coefficient (Wildman–Crippen LogP) is 3.69. The number of benzene rings is 2. The Hall–Kier alpha value is -2.70. The van der Waals surface area contributed by atoms with Crippen LogP contribution in [0.4, 0.5) is 13.2 Å². The summed E-state index contributed by atoms with van der Waals surface area (Å²) in [6.45, 7) is 0. The van der Waals surface area contributed by atoms with E-state index in [0.29, 0.717) is 16.7 Å². The molecule has 0 saturated carbocycles. The van der Waals surface area contributed by atoms with Crippen molar-refractivity contribution in [2.45, 2.75) is 6.36 Å². The molecule has 21 heavy (non-hydrogen) atoms. The summed E-state index contributed by atoms with van der Waals surface area (Å²) in [5, 5.41) is 0. The van der Waals surface area contributed by atoms with Crippen molar-refractivity contribution < 1.29 is 22.3 Å². The molecule has 3 aromatic rings. The topological polar surface area (TPSA) is 55.2 Å². The molecule has 0 radical (unpaired) electrons. The summed E-state index contributed by atoms with van der Waals surface area (Å²) < 4.78 is 44.9. The fraction of sp³-hybridized carbons (Fsp3) is 0.0714. The maximum Gasteiger partial charge on any atom is 0.573 e. The van der Waals surface area contributed by atoms with E-state index in [-0.39, 0.29) is 5.75 Å². The lowest BCUT2D eigenvalue weighted by Gasteiger charge is -2.09. The Morgan fingerprint density at radius 1 is 1.00 bits per heavy atom. The first-order chi connectivity index (χ1) is 9.90. The second kappa shape index (κ2) is 4.69. The number of rotatable bonds is 2. The van der Waals surface area contributed by atoms with Crippen LogP contribution >= 0.6 is 0 Å². The molecular weight excluding hydrogens is 287 g/mol. The molecule has 1 N–H and O–H groups in total. The standard InChI is InChI=1S/C14H8F3NO3/c15-14(16,17)21-10-4-1-8(2-5-10)9-3-6-12-11(7-9)18-13(19)20-12/h1-7H,(H,18,19). The largest absolute Gasteiger partial charge is 0.573 e. The number of nitrogens with one attached hydrogen (secondary N) is 1. The zero-order chi connectivity index (χ0) is 15.0. The van der Waals surface area contributed by atoms with Crippen LogP contribution in [-0.2, 0) is 0 Å². The third kappa shape index (κ3) is 2.91. The van der Waals surface area contributed by atoms with Gasteiger partial charge in [-0.2, -0.15) is 0 Å². The normalized spacial score (nSPS) is 11.8. The van der Waals surface area contributed by atoms with Crippen LogP contribution in [0.5, 0.6) is 5.75 Å². The molecule has 0 bridgehead atoms. The van der Waals surface area contributed by atoms with E-state index in [0.717, 1.165) is 5.56 Å². The van der Waals surface area contributed by atoms with Crippen molar-refractivity contribution in [2.75, 3.05) is 0 Å². The smallest absolute Gasteiger partial charge is 0.408 e. The summed E-state index contributed by atoms with van der Waals surface area (Å²) >= 11 is 0. The zero-order valence-electron chi connectivity index (χ0n) is 10.4. The van der Waals surface area contributed by atoms with Crippen molar-refractivity contribution in [3.05, 3.63) is 53.0 Å². The number of aromatic nitrogens is 1. The minimum Gasteiger partial charge on any atom is -0.408 e. The van der Waals surface area contributed by atoms with Gasteiger partial charge in [-0.25, -0.2) is 4.79 Å². The number of hydrogen-bond acceptors (Lipinski definition) is 3. The van der Waals surface area contributed by atoms with Crippen LogP contribution in [0, 0.1) is 0 Å². The molecule has 0 amide bonds. The number of H-pyrrole nitrogens is 1. The van der Waals surface area contributed by atoms with E-state index in [4.69, 9.17) is 4.42 Å². The van der Waals surface area contributed by atoms with Gasteiger partial charge in [-0.1, -0.05) is 18.2 Å². The number of hydrogen-bond donors (Lipinski definition) is 1. The van der Waals surface area contributed by atoms with E-state index in [9.17, 15) is 18.0 Å². The molecule has 3 rings (SSSR count). The minimum atomic E-state index is -4.71. The molecule has 0 fully saturated rings. The quantitative estimate of drug-likeness (QED) is 0.784. The number of oxazole rings is 1. The molecule has 2 aromatic carbocycles. The van der Waals surface area contributed by atoms with E-state index in [2.05, 4.69) is 9.72 Å². The van der Waals surface area contributed by atoms with Crippen LogP contribution in [-0.4, -0.2) is 11.3 Å². The van der Waals surface area contributed by atoms with E-state index in [1.165, 1.54) is 24.3 Å². The minimum absolute atomic E-state index is 0.288. The maximum absolute atomic E-state index is 12.1. The lowest BCUT2D eigenvalue weighted by Crippen LogP contribution is -2.16. The number of alkyl halides is 3. The summed E-state index contributed by atoms with van der Waals surface area (Å²) in [6.07, 6.45) is -4.71. The van der Waals surface area contributed by atoms with E-state index >= 15 is 0 Å². The molecule has 4 nitrogen and oxygen atoms in total. The van der Waals surface area contributed by atoms with Gasteiger partial charge >= 0.3 is 12.1 Å². The molecule has 0 aliphatic rings. The first-order valence-corrected chi connectivity index (χ1v) is 5.90. The lowest BCUT2D eigenvalue weighted by atomic mass is 10.1. The van der Waals surface area contributed by atoms with Crippen molar-refractivity contribution in [3.63, 3.8) is 0 Å². The van der Waals surface area contributed by atoms with Gasteiger partial charge in [0.25, 0.3) is 0 Å². The Morgan fingerprint density at radius 3 is 2.33 bits per heavy atom. The Balaban J connectivity index is 1.93. The second-order valence-corrected chi connectivity index (χ2v) is 4.30. The number of aromatic amines is 1. The van der Waals surface area contributed by atoms with Gasteiger partial charge < -0.3 is 9.15 Å². The maximum atomic E-state index is 12.1. The summed E-state index contributed by atoms with van der Waals surface area (Å²) in [5.74, 6) is -0.847. The van der Waals surface area contributed by atoms with E-state index < -0.39 is 12.1 Å². The third-order valence-corrected chi connectivity index (χ3v) is 2.84. The van der Waals surface area contributed by atoms with Gasteiger partial charge in [-0.15, -0.1) is 13.2 Å². The molecule has 7 heteroatoms. The number of fused-ring (bicyclic) bond motifs is 1. The van der Waals surface area contributed by atoms with E-state index in [1.807, 2.05) is 0 Å². The highest BCUT2D eigenvalue weighted by molar-refractivity contribution is 5.80. The van der Waals surface area contributed by atoms with Crippen molar-refractivity contribution in [2.24, 2.45) is 0 Å². The average molecular weight is 295 g/mol. The summed E-state index contributed by atoms with van der Waals surface area (Å²) in [7, 11) is 0. The monoisotopic (exact) mass is 295 g/mol. The highest BCUT2D eigenvalue weighted by atomic mass is 19.4. The van der Waals surface area contributed by atoms with Gasteiger partial charge in [-0.05, 0) is 35.4 Å². The van der Waals surface area contributed by atoms with Gasteiger partial charge in [0.1, 0.15) is 5.75 Å². The third-order valence-electron chi connectivity index (χ3n) is 2.84. The molecule has 0 spiro atoms. The Labute approximate surface area is 115 Å². The first kappa shape index (κ1) is 13.3. The molecule has 0 aliphatic carbocycles. The molecule has 1 aromatic heterocycles. The van der Waals surface area contributed by atoms with Crippen molar-refractivity contribution in [1.82, 2.24) is 4.98 Å². The van der Waals surface area contributed by atoms with Crippen LogP contribution in [0.25, 0.3) is 22.2 Å². The van der Waals surface area contributed by atoms with Crippen LogP contribution in [0.2, 0.25) is 0 Å². The van der Waals surface area contributed by atoms with Gasteiger partial charge in [0.05, 0.1) is 5.52 Å². The molecule has 0 unspecified atom stereocenters. The molecule has 1 heterocycles. The Kier molecular flexibility index (Phi) is 2.97. The van der Waals surface area contributed by atoms with Gasteiger partial charge in [0.15, 0.2) is 5.58 Å². The highest BCUT2D eigenvalue weighted by Gasteiger charge is 2.30. The van der Waals surface area contributed by atoms with Crippen molar-refractivity contribution in [3.8, 4) is 16.9 Å². The number of halogens is 3. The van der Waals surface area contributed by atoms with Crippen LogP contribution in [0.15, 0.2) is 51.7 Å². The van der Waals surface area contributed by atoms with Crippen molar-refractivity contribution >= 4 is 11.1 Å². The molecule has 108 valence electrons. The van der Waals surface area contributed by atoms with Crippen LogP contribution in [0.3, 0.4) is 0 Å². The van der Waals surface area contributed by atoms with Gasteiger partial charge in [-0.3, -0.25) is 4.98 Å². The first-order valence-electron chi connectivity index (χ1n) is 5.90. The fourth-order valence-corrected chi connectivity index (χ4v) is 1.98. The SMILES string of the molecule is O=c1[nH]c2cc(-c3ccc(OC(F)(F)F)cc3)ccc2o1. The average Bonchev–Trinajstić information content (AvgIpc) is 2.76. The molecule has 0 atom stereocenters. The van der Waals surface area contributed by atoms with Crippen LogP contribution < -0.4 is 10.5 Å². The van der Waals surface area contributed by atoms with E-state index in [1.54, 1.807) is 18.2 Å². The van der Waals surface area contributed by atoms with Crippen molar-refractivity contribution in [1.29, 1.82) is 0 Å². The zero-order valence-corrected chi connectivity index (χ0v) is 10.4. The lowest BCUT2D eigenvalue weighted by molar-refractivity contribution is -0.274. The van der Waals surface area contributed by atoms with Gasteiger partial charge in [0.2, 0.25) is 0 Å².